The molecule has 0 aliphatic heterocycles. The molecule has 1 unspecified atom stereocenters. The average molecular weight is 234 g/mol. The van der Waals surface area contributed by atoms with Crippen molar-refractivity contribution < 1.29 is 14.6 Å². The summed E-state index contributed by atoms with van der Waals surface area (Å²) in [4.78, 5) is 11.3. The Labute approximate surface area is 101 Å². The first-order valence-corrected chi connectivity index (χ1v) is 5.85. The summed E-state index contributed by atoms with van der Waals surface area (Å²) in [5, 5.41) is 9.25. The van der Waals surface area contributed by atoms with E-state index in [2.05, 4.69) is 19.9 Å². The topological polar surface area (TPSA) is 46.5 Å². The Kier molecular flexibility index (Phi) is 2.96. The van der Waals surface area contributed by atoms with Gasteiger partial charge in [-0.3, -0.25) is 0 Å². The Morgan fingerprint density at radius 2 is 2.06 bits per heavy atom. The van der Waals surface area contributed by atoms with Gasteiger partial charge in [0.2, 0.25) is 0 Å². The van der Waals surface area contributed by atoms with E-state index in [1.165, 1.54) is 18.2 Å². The van der Waals surface area contributed by atoms with Crippen LogP contribution in [0.15, 0.2) is 18.2 Å². The standard InChI is InChI=1S/C14H18O3/c1-9-5-4-6-11(10(9)2)14(7-8-14)12(17-3)13(15)16/h4-6,12H,7-8H2,1-3H3,(H,15,16). The molecule has 3 nitrogen and oxygen atoms in total. The fourth-order valence-corrected chi connectivity index (χ4v) is 2.66. The fourth-order valence-electron chi connectivity index (χ4n) is 2.66. The van der Waals surface area contributed by atoms with Crippen molar-refractivity contribution in [3.8, 4) is 0 Å². The normalized spacial score (nSPS) is 18.8. The number of carbonyl (C=O) groups is 1. The van der Waals surface area contributed by atoms with Crippen molar-refractivity contribution in [2.75, 3.05) is 7.11 Å². The van der Waals surface area contributed by atoms with Gasteiger partial charge in [-0.15, -0.1) is 0 Å². The minimum absolute atomic E-state index is 0.309. The van der Waals surface area contributed by atoms with Crippen LogP contribution in [0.1, 0.15) is 29.5 Å². The minimum Gasteiger partial charge on any atom is -0.479 e. The molecule has 1 aliphatic rings. The van der Waals surface area contributed by atoms with Crippen LogP contribution in [0.2, 0.25) is 0 Å². The average Bonchev–Trinajstić information content (AvgIpc) is 3.04. The number of ether oxygens (including phenoxy) is 1. The van der Waals surface area contributed by atoms with Gasteiger partial charge >= 0.3 is 5.97 Å². The second-order valence-corrected chi connectivity index (χ2v) is 4.86. The molecule has 3 heteroatoms. The Balaban J connectivity index is 2.45. The largest absolute Gasteiger partial charge is 0.479 e. The summed E-state index contributed by atoms with van der Waals surface area (Å²) in [5.41, 5.74) is 3.21. The number of rotatable bonds is 4. The van der Waals surface area contributed by atoms with E-state index < -0.39 is 12.1 Å². The second-order valence-electron chi connectivity index (χ2n) is 4.86. The van der Waals surface area contributed by atoms with Gasteiger partial charge in [0.1, 0.15) is 0 Å². The lowest BCUT2D eigenvalue weighted by atomic mass is 9.85. The summed E-state index contributed by atoms with van der Waals surface area (Å²) >= 11 is 0. The van der Waals surface area contributed by atoms with Crippen LogP contribution in [0.4, 0.5) is 0 Å². The molecule has 1 aromatic rings. The van der Waals surface area contributed by atoms with E-state index in [-0.39, 0.29) is 5.41 Å². The maximum absolute atomic E-state index is 11.3. The molecular weight excluding hydrogens is 216 g/mol. The van der Waals surface area contributed by atoms with Gasteiger partial charge in [0.25, 0.3) is 0 Å². The van der Waals surface area contributed by atoms with Gasteiger partial charge in [-0.1, -0.05) is 18.2 Å². The Morgan fingerprint density at radius 3 is 2.53 bits per heavy atom. The monoisotopic (exact) mass is 234 g/mol. The zero-order valence-electron chi connectivity index (χ0n) is 10.5. The number of carboxylic acids is 1. The van der Waals surface area contributed by atoms with Gasteiger partial charge in [-0.25, -0.2) is 4.79 Å². The SMILES string of the molecule is COC(C(=O)O)C1(c2cccc(C)c2C)CC1. The van der Waals surface area contributed by atoms with Crippen molar-refractivity contribution in [1.29, 1.82) is 0 Å². The molecule has 2 rings (SSSR count). The van der Waals surface area contributed by atoms with Crippen molar-refractivity contribution in [2.24, 2.45) is 0 Å². The number of methoxy groups -OCH3 is 1. The number of hydrogen-bond acceptors (Lipinski definition) is 2. The summed E-state index contributed by atoms with van der Waals surface area (Å²) in [6.07, 6.45) is 1.05. The fraction of sp³-hybridized carbons (Fsp3) is 0.500. The van der Waals surface area contributed by atoms with Crippen molar-refractivity contribution in [1.82, 2.24) is 0 Å². The van der Waals surface area contributed by atoms with E-state index in [4.69, 9.17) is 4.74 Å². The molecule has 0 heterocycles. The molecular formula is C14H18O3. The third kappa shape index (κ3) is 1.84. The number of aryl methyl sites for hydroxylation is 1. The van der Waals surface area contributed by atoms with Crippen LogP contribution < -0.4 is 0 Å². The molecule has 0 spiro atoms. The Bertz CT molecular complexity index is 447. The number of hydrogen-bond donors (Lipinski definition) is 1. The Morgan fingerprint density at radius 1 is 1.41 bits per heavy atom. The molecule has 1 atom stereocenters. The van der Waals surface area contributed by atoms with Crippen molar-refractivity contribution in [3.63, 3.8) is 0 Å². The van der Waals surface area contributed by atoms with Crippen molar-refractivity contribution >= 4 is 5.97 Å². The molecule has 0 bridgehead atoms. The van der Waals surface area contributed by atoms with Gasteiger partial charge in [0, 0.05) is 12.5 Å². The lowest BCUT2D eigenvalue weighted by Crippen LogP contribution is -2.36. The molecule has 1 N–H and O–H groups in total. The molecule has 1 fully saturated rings. The molecule has 0 aromatic heterocycles. The zero-order valence-corrected chi connectivity index (χ0v) is 10.5. The predicted molar refractivity (Wildman–Crippen MR) is 65.3 cm³/mol. The minimum atomic E-state index is -0.870. The molecule has 1 aromatic carbocycles. The first-order chi connectivity index (χ1) is 8.03. The van der Waals surface area contributed by atoms with Gasteiger partial charge in [-0.2, -0.15) is 0 Å². The first-order valence-electron chi connectivity index (χ1n) is 5.85. The summed E-state index contributed by atoms with van der Waals surface area (Å²) < 4.78 is 5.19. The maximum atomic E-state index is 11.3. The van der Waals surface area contributed by atoms with Crippen LogP contribution in [-0.2, 0) is 14.9 Å². The first kappa shape index (κ1) is 12.1. The zero-order chi connectivity index (χ0) is 12.6. The van der Waals surface area contributed by atoms with Crippen LogP contribution >= 0.6 is 0 Å². The molecule has 1 aliphatic carbocycles. The van der Waals surface area contributed by atoms with E-state index in [1.54, 1.807) is 0 Å². The van der Waals surface area contributed by atoms with E-state index in [1.807, 2.05) is 12.1 Å². The summed E-state index contributed by atoms with van der Waals surface area (Å²) in [5.74, 6) is -0.870. The second kappa shape index (κ2) is 4.15. The Hall–Kier alpha value is -1.35. The number of benzene rings is 1. The van der Waals surface area contributed by atoms with Crippen LogP contribution in [0.25, 0.3) is 0 Å². The quantitative estimate of drug-likeness (QED) is 0.870. The van der Waals surface area contributed by atoms with E-state index in [0.29, 0.717) is 0 Å². The molecule has 0 saturated heterocycles. The van der Waals surface area contributed by atoms with Crippen molar-refractivity contribution in [3.05, 3.63) is 34.9 Å². The molecule has 0 amide bonds. The molecule has 17 heavy (non-hydrogen) atoms. The van der Waals surface area contributed by atoms with Crippen LogP contribution in [0, 0.1) is 13.8 Å². The maximum Gasteiger partial charge on any atom is 0.333 e. The molecule has 0 radical (unpaired) electrons. The highest BCUT2D eigenvalue weighted by Crippen LogP contribution is 2.53. The van der Waals surface area contributed by atoms with E-state index in [9.17, 15) is 9.90 Å². The van der Waals surface area contributed by atoms with E-state index >= 15 is 0 Å². The highest BCUT2D eigenvalue weighted by atomic mass is 16.5. The highest BCUT2D eigenvalue weighted by Gasteiger charge is 2.55. The lowest BCUT2D eigenvalue weighted by Gasteiger charge is -2.25. The summed E-state index contributed by atoms with van der Waals surface area (Å²) in [6, 6.07) is 6.08. The third-order valence-corrected chi connectivity index (χ3v) is 3.89. The smallest absolute Gasteiger partial charge is 0.333 e. The number of carboxylic acid groups (broad SMARTS) is 1. The van der Waals surface area contributed by atoms with E-state index in [0.717, 1.165) is 18.4 Å². The van der Waals surface area contributed by atoms with Crippen LogP contribution in [0.5, 0.6) is 0 Å². The molecule has 92 valence electrons. The summed E-state index contributed by atoms with van der Waals surface area (Å²) in [6.45, 7) is 4.11. The van der Waals surface area contributed by atoms with Crippen LogP contribution in [0.3, 0.4) is 0 Å². The number of aliphatic carboxylic acids is 1. The van der Waals surface area contributed by atoms with Crippen molar-refractivity contribution in [2.45, 2.75) is 38.2 Å². The lowest BCUT2D eigenvalue weighted by molar-refractivity contribution is -0.150. The third-order valence-electron chi connectivity index (χ3n) is 3.89. The predicted octanol–water partition coefficient (Wildman–Crippen LogP) is 2.43. The molecule has 1 saturated carbocycles. The van der Waals surface area contributed by atoms with Gasteiger partial charge < -0.3 is 9.84 Å². The summed E-state index contributed by atoms with van der Waals surface area (Å²) in [7, 11) is 1.48. The van der Waals surface area contributed by atoms with Gasteiger partial charge in [-0.05, 0) is 43.4 Å². The highest BCUT2D eigenvalue weighted by molar-refractivity contribution is 5.76. The van der Waals surface area contributed by atoms with Gasteiger partial charge in [0.15, 0.2) is 6.10 Å². The van der Waals surface area contributed by atoms with Crippen LogP contribution in [-0.4, -0.2) is 24.3 Å². The van der Waals surface area contributed by atoms with Gasteiger partial charge in [0.05, 0.1) is 0 Å².